The molecule has 4 nitrogen and oxygen atoms in total. The summed E-state index contributed by atoms with van der Waals surface area (Å²) in [6.45, 7) is 2.51. The van der Waals surface area contributed by atoms with E-state index in [1.54, 1.807) is 6.92 Å². The van der Waals surface area contributed by atoms with Gasteiger partial charge in [0.05, 0.1) is 23.9 Å². The summed E-state index contributed by atoms with van der Waals surface area (Å²) in [5, 5.41) is 0. The van der Waals surface area contributed by atoms with Gasteiger partial charge in [0.2, 0.25) is 5.78 Å². The van der Waals surface area contributed by atoms with E-state index in [2.05, 4.69) is 4.57 Å². The highest BCUT2D eigenvalue weighted by Crippen LogP contribution is 2.41. The minimum Gasteiger partial charge on any atom is -0.492 e. The molecule has 23 heavy (non-hydrogen) atoms. The van der Waals surface area contributed by atoms with Crippen molar-refractivity contribution < 1.29 is 14.3 Å². The molecule has 0 spiro atoms. The molecule has 0 saturated heterocycles. The van der Waals surface area contributed by atoms with Gasteiger partial charge in [-0.2, -0.15) is 0 Å². The molecule has 1 aliphatic carbocycles. The average molecular weight is 307 g/mol. The summed E-state index contributed by atoms with van der Waals surface area (Å²) >= 11 is 0. The van der Waals surface area contributed by atoms with Gasteiger partial charge in [-0.25, -0.2) is 0 Å². The Labute approximate surface area is 134 Å². The first-order valence-corrected chi connectivity index (χ1v) is 7.80. The molecule has 0 fully saturated rings. The van der Waals surface area contributed by atoms with Gasteiger partial charge in [0.1, 0.15) is 0 Å². The number of benzene rings is 1. The smallest absolute Gasteiger partial charge is 0.230 e. The number of ketones is 2. The van der Waals surface area contributed by atoms with Gasteiger partial charge in [0.15, 0.2) is 11.5 Å². The van der Waals surface area contributed by atoms with Crippen LogP contribution in [0, 0.1) is 0 Å². The monoisotopic (exact) mass is 307 g/mol. The number of methoxy groups -OCH3 is 1. The number of rotatable bonds is 2. The van der Waals surface area contributed by atoms with E-state index in [9.17, 15) is 9.59 Å². The van der Waals surface area contributed by atoms with Crippen molar-refractivity contribution in [3.63, 3.8) is 0 Å². The van der Waals surface area contributed by atoms with Crippen molar-refractivity contribution in [2.24, 2.45) is 0 Å². The summed E-state index contributed by atoms with van der Waals surface area (Å²) in [6.07, 6.45) is 1.82. The maximum absolute atomic E-state index is 12.9. The fourth-order valence-electron chi connectivity index (χ4n) is 3.76. The Bertz CT molecular complexity index is 872. The lowest BCUT2D eigenvalue weighted by atomic mass is 9.87. The number of ether oxygens (including phenoxy) is 1. The zero-order valence-electron chi connectivity index (χ0n) is 13.2. The van der Waals surface area contributed by atoms with E-state index in [-0.39, 0.29) is 17.3 Å². The zero-order valence-corrected chi connectivity index (χ0v) is 13.2. The predicted molar refractivity (Wildman–Crippen MR) is 86.6 cm³/mol. The standard InChI is InChI=1S/C19H17NO3/c1-11-17(21)15-14(18(22)19(11)23-2)13-9-6-10-20(13)16(15)12-7-4-3-5-8-12/h3-5,7-8H,6,9-10H2,1-2H3. The van der Waals surface area contributed by atoms with Crippen molar-refractivity contribution in [3.05, 3.63) is 58.5 Å². The van der Waals surface area contributed by atoms with E-state index in [1.807, 2.05) is 30.3 Å². The second kappa shape index (κ2) is 4.95. The van der Waals surface area contributed by atoms with Gasteiger partial charge in [-0.05, 0) is 25.3 Å². The van der Waals surface area contributed by atoms with Gasteiger partial charge in [0, 0.05) is 17.8 Å². The first-order chi connectivity index (χ1) is 11.1. The molecule has 4 rings (SSSR count). The van der Waals surface area contributed by atoms with Crippen LogP contribution in [-0.2, 0) is 17.7 Å². The van der Waals surface area contributed by atoms with Crippen LogP contribution in [0.1, 0.15) is 39.8 Å². The van der Waals surface area contributed by atoms with E-state index in [0.717, 1.165) is 36.3 Å². The fourth-order valence-corrected chi connectivity index (χ4v) is 3.76. The van der Waals surface area contributed by atoms with Gasteiger partial charge in [0.25, 0.3) is 0 Å². The first kappa shape index (κ1) is 14.0. The molecule has 2 heterocycles. The molecule has 0 unspecified atom stereocenters. The van der Waals surface area contributed by atoms with Crippen LogP contribution < -0.4 is 0 Å². The Morgan fingerprint density at radius 1 is 1.04 bits per heavy atom. The second-order valence-electron chi connectivity index (χ2n) is 5.98. The van der Waals surface area contributed by atoms with Crippen LogP contribution in [0.15, 0.2) is 41.7 Å². The van der Waals surface area contributed by atoms with Crippen LogP contribution in [0.3, 0.4) is 0 Å². The number of carbonyl (C=O) groups excluding carboxylic acids is 2. The number of hydrogen-bond donors (Lipinski definition) is 0. The van der Waals surface area contributed by atoms with Crippen molar-refractivity contribution in [2.75, 3.05) is 7.11 Å². The molecule has 0 atom stereocenters. The lowest BCUT2D eigenvalue weighted by Crippen LogP contribution is -2.22. The van der Waals surface area contributed by atoms with Crippen molar-refractivity contribution in [3.8, 4) is 11.3 Å². The largest absolute Gasteiger partial charge is 0.492 e. The van der Waals surface area contributed by atoms with Crippen LogP contribution >= 0.6 is 0 Å². The predicted octanol–water partition coefficient (Wildman–Crippen LogP) is 3.40. The third-order valence-corrected chi connectivity index (χ3v) is 4.76. The van der Waals surface area contributed by atoms with Gasteiger partial charge in [-0.1, -0.05) is 30.3 Å². The van der Waals surface area contributed by atoms with Crippen molar-refractivity contribution >= 4 is 11.6 Å². The summed E-state index contributed by atoms with van der Waals surface area (Å²) in [7, 11) is 1.45. The topological polar surface area (TPSA) is 48.3 Å². The highest BCUT2D eigenvalue weighted by Gasteiger charge is 2.40. The van der Waals surface area contributed by atoms with Crippen LogP contribution in [0.25, 0.3) is 11.3 Å². The minimum absolute atomic E-state index is 0.0998. The number of allylic oxidation sites excluding steroid dienone is 2. The third-order valence-electron chi connectivity index (χ3n) is 4.76. The Kier molecular flexibility index (Phi) is 3.01. The molecule has 2 aliphatic rings. The highest BCUT2D eigenvalue weighted by molar-refractivity contribution is 6.28. The highest BCUT2D eigenvalue weighted by atomic mass is 16.5. The molecule has 4 heteroatoms. The number of hydrogen-bond acceptors (Lipinski definition) is 3. The zero-order chi connectivity index (χ0) is 16.1. The normalized spacial score (nSPS) is 16.6. The first-order valence-electron chi connectivity index (χ1n) is 7.80. The number of Topliss-reactive ketones (excluding diaryl/α,β-unsaturated/α-hetero) is 2. The van der Waals surface area contributed by atoms with E-state index in [4.69, 9.17) is 4.74 Å². The number of nitrogens with zero attached hydrogens (tertiary/aromatic N) is 1. The third kappa shape index (κ3) is 1.78. The molecule has 1 aromatic heterocycles. The SMILES string of the molecule is COC1=C(C)C(=O)c2c(c3n(c2-c2ccccc2)CCC3)C1=O. The van der Waals surface area contributed by atoms with Gasteiger partial charge < -0.3 is 9.30 Å². The van der Waals surface area contributed by atoms with Crippen LogP contribution in [0.2, 0.25) is 0 Å². The second-order valence-corrected chi connectivity index (χ2v) is 5.98. The van der Waals surface area contributed by atoms with Crippen molar-refractivity contribution in [1.82, 2.24) is 4.57 Å². The van der Waals surface area contributed by atoms with E-state index in [0.29, 0.717) is 16.7 Å². The van der Waals surface area contributed by atoms with Crippen LogP contribution in [-0.4, -0.2) is 23.2 Å². The lowest BCUT2D eigenvalue weighted by Gasteiger charge is -2.17. The quantitative estimate of drug-likeness (QED) is 0.854. The molecule has 0 bridgehead atoms. The molecular formula is C19H17NO3. The Balaban J connectivity index is 2.06. The molecule has 116 valence electrons. The van der Waals surface area contributed by atoms with Crippen LogP contribution in [0.5, 0.6) is 0 Å². The van der Waals surface area contributed by atoms with Crippen molar-refractivity contribution in [1.29, 1.82) is 0 Å². The Morgan fingerprint density at radius 2 is 1.78 bits per heavy atom. The molecule has 0 saturated carbocycles. The summed E-state index contributed by atoms with van der Waals surface area (Å²) in [5.74, 6) is -0.0768. The van der Waals surface area contributed by atoms with Gasteiger partial charge >= 0.3 is 0 Å². The molecule has 0 radical (unpaired) electrons. The molecule has 2 aromatic rings. The molecule has 0 amide bonds. The summed E-state index contributed by atoms with van der Waals surface area (Å²) in [5.41, 5.74) is 4.32. The molecular weight excluding hydrogens is 290 g/mol. The maximum Gasteiger partial charge on any atom is 0.230 e. The molecule has 1 aromatic carbocycles. The van der Waals surface area contributed by atoms with E-state index >= 15 is 0 Å². The Morgan fingerprint density at radius 3 is 2.48 bits per heavy atom. The number of fused-ring (bicyclic) bond motifs is 3. The lowest BCUT2D eigenvalue weighted by molar-refractivity contribution is 0.0906. The summed E-state index contributed by atoms with van der Waals surface area (Å²) in [6, 6.07) is 9.84. The fraction of sp³-hybridized carbons (Fsp3) is 0.263. The van der Waals surface area contributed by atoms with Gasteiger partial charge in [-0.15, -0.1) is 0 Å². The summed E-state index contributed by atoms with van der Waals surface area (Å²) < 4.78 is 7.36. The minimum atomic E-state index is -0.160. The Hall–Kier alpha value is -2.62. The maximum atomic E-state index is 12.9. The van der Waals surface area contributed by atoms with E-state index in [1.165, 1.54) is 7.11 Å². The molecule has 0 N–H and O–H groups in total. The van der Waals surface area contributed by atoms with Crippen molar-refractivity contribution in [2.45, 2.75) is 26.3 Å². The van der Waals surface area contributed by atoms with E-state index < -0.39 is 0 Å². The molecule has 1 aliphatic heterocycles. The summed E-state index contributed by atoms with van der Waals surface area (Å²) in [4.78, 5) is 25.8. The van der Waals surface area contributed by atoms with Crippen LogP contribution in [0.4, 0.5) is 0 Å². The average Bonchev–Trinajstić information content (AvgIpc) is 3.14. The number of aromatic nitrogens is 1. The van der Waals surface area contributed by atoms with Gasteiger partial charge in [-0.3, -0.25) is 9.59 Å². The number of carbonyl (C=O) groups is 2.